The van der Waals surface area contributed by atoms with E-state index >= 15 is 0 Å². The van der Waals surface area contributed by atoms with Crippen LogP contribution in [-0.2, 0) is 4.79 Å². The Bertz CT molecular complexity index is 625. The van der Waals surface area contributed by atoms with E-state index in [0.29, 0.717) is 11.6 Å². The van der Waals surface area contributed by atoms with Crippen molar-refractivity contribution in [2.24, 2.45) is 5.92 Å². The van der Waals surface area contributed by atoms with Crippen molar-refractivity contribution < 1.29 is 14.7 Å². The van der Waals surface area contributed by atoms with Gasteiger partial charge in [0, 0.05) is 16.9 Å². The molecule has 2 aromatic rings. The molecule has 0 aliphatic heterocycles. The van der Waals surface area contributed by atoms with Crippen LogP contribution in [0.2, 0.25) is 0 Å². The zero-order valence-electron chi connectivity index (χ0n) is 10.9. The Balaban J connectivity index is 1.75. The lowest BCUT2D eigenvalue weighted by molar-refractivity contribution is -0.137. The van der Waals surface area contributed by atoms with Gasteiger partial charge >= 0.3 is 5.97 Å². The van der Waals surface area contributed by atoms with Crippen LogP contribution in [-0.4, -0.2) is 28.0 Å². The van der Waals surface area contributed by atoms with E-state index in [1.807, 2.05) is 24.3 Å². The Kier molecular flexibility index (Phi) is 3.18. The number of carboxylic acids is 1. The van der Waals surface area contributed by atoms with Gasteiger partial charge in [0.1, 0.15) is 5.69 Å². The Morgan fingerprint density at radius 2 is 2.10 bits per heavy atom. The number of fused-ring (bicyclic) bond motifs is 1. The first-order valence-corrected chi connectivity index (χ1v) is 6.74. The Hall–Kier alpha value is -2.30. The number of H-pyrrole nitrogens is 1. The monoisotopic (exact) mass is 272 g/mol. The second-order valence-electron chi connectivity index (χ2n) is 5.29. The van der Waals surface area contributed by atoms with Crippen LogP contribution in [0.4, 0.5) is 0 Å². The van der Waals surface area contributed by atoms with Crippen molar-refractivity contribution in [1.82, 2.24) is 10.3 Å². The first-order chi connectivity index (χ1) is 9.63. The molecule has 1 aliphatic carbocycles. The molecular weight excluding hydrogens is 256 g/mol. The number of para-hydroxylation sites is 1. The molecule has 0 spiro atoms. The van der Waals surface area contributed by atoms with Gasteiger partial charge in [0.05, 0.1) is 6.42 Å². The number of aromatic nitrogens is 1. The molecule has 5 nitrogen and oxygen atoms in total. The number of aliphatic carboxylic acids is 1. The number of carbonyl (C=O) groups excluding carboxylic acids is 1. The Morgan fingerprint density at radius 1 is 1.35 bits per heavy atom. The summed E-state index contributed by atoms with van der Waals surface area (Å²) >= 11 is 0. The zero-order chi connectivity index (χ0) is 14.1. The van der Waals surface area contributed by atoms with E-state index in [1.165, 1.54) is 0 Å². The van der Waals surface area contributed by atoms with Gasteiger partial charge in [-0.3, -0.25) is 9.59 Å². The van der Waals surface area contributed by atoms with E-state index in [0.717, 1.165) is 23.7 Å². The van der Waals surface area contributed by atoms with Crippen molar-refractivity contribution >= 4 is 22.8 Å². The van der Waals surface area contributed by atoms with Crippen LogP contribution in [0.3, 0.4) is 0 Å². The number of carboxylic acid groups (broad SMARTS) is 1. The smallest absolute Gasteiger partial charge is 0.305 e. The number of carbonyl (C=O) groups is 2. The Labute approximate surface area is 116 Å². The molecule has 1 fully saturated rings. The highest BCUT2D eigenvalue weighted by atomic mass is 16.4. The maximum absolute atomic E-state index is 12.2. The zero-order valence-corrected chi connectivity index (χ0v) is 10.9. The molecule has 1 saturated carbocycles. The highest BCUT2D eigenvalue weighted by Gasteiger charge is 2.34. The van der Waals surface area contributed by atoms with Gasteiger partial charge in [-0.25, -0.2) is 0 Å². The summed E-state index contributed by atoms with van der Waals surface area (Å²) in [6.07, 6.45) is 1.96. The van der Waals surface area contributed by atoms with Crippen molar-refractivity contribution in [3.05, 3.63) is 36.0 Å². The van der Waals surface area contributed by atoms with Gasteiger partial charge in [-0.2, -0.15) is 0 Å². The number of hydrogen-bond donors (Lipinski definition) is 3. The summed E-state index contributed by atoms with van der Waals surface area (Å²) < 4.78 is 0. The molecular formula is C15H16N2O3. The highest BCUT2D eigenvalue weighted by molar-refractivity contribution is 5.98. The molecule has 1 unspecified atom stereocenters. The van der Waals surface area contributed by atoms with E-state index in [2.05, 4.69) is 10.3 Å². The van der Waals surface area contributed by atoms with Crippen molar-refractivity contribution in [3.8, 4) is 0 Å². The van der Waals surface area contributed by atoms with Crippen LogP contribution < -0.4 is 5.32 Å². The maximum atomic E-state index is 12.2. The molecule has 1 aliphatic rings. The summed E-state index contributed by atoms with van der Waals surface area (Å²) in [5.74, 6) is -0.808. The van der Waals surface area contributed by atoms with E-state index in [9.17, 15) is 9.59 Å². The molecule has 0 radical (unpaired) electrons. The summed E-state index contributed by atoms with van der Waals surface area (Å²) in [6.45, 7) is 0. The van der Waals surface area contributed by atoms with E-state index in [-0.39, 0.29) is 18.4 Å². The largest absolute Gasteiger partial charge is 0.481 e. The first kappa shape index (κ1) is 12.7. The molecule has 20 heavy (non-hydrogen) atoms. The first-order valence-electron chi connectivity index (χ1n) is 6.74. The third kappa shape index (κ3) is 2.66. The SMILES string of the molecule is O=C(O)CC(NC(=O)c1cc2ccccc2[nH]1)C1CC1. The summed E-state index contributed by atoms with van der Waals surface area (Å²) in [5, 5.41) is 12.7. The standard InChI is InChI=1S/C15H16N2O3/c18-14(19)8-12(9-5-6-9)17-15(20)13-7-10-3-1-2-4-11(10)16-13/h1-4,7,9,12,16H,5-6,8H2,(H,17,20)(H,18,19). The quantitative estimate of drug-likeness (QED) is 0.780. The predicted molar refractivity (Wildman–Crippen MR) is 74.5 cm³/mol. The van der Waals surface area contributed by atoms with Crippen LogP contribution >= 0.6 is 0 Å². The minimum absolute atomic E-state index is 0.0172. The fraction of sp³-hybridized carbons (Fsp3) is 0.333. The van der Waals surface area contributed by atoms with Gasteiger partial charge in [0.25, 0.3) is 5.91 Å². The minimum Gasteiger partial charge on any atom is -0.481 e. The number of rotatable bonds is 5. The summed E-state index contributed by atoms with van der Waals surface area (Å²) in [4.78, 5) is 26.1. The fourth-order valence-electron chi connectivity index (χ4n) is 2.46. The molecule has 5 heteroatoms. The number of amides is 1. The average Bonchev–Trinajstić information content (AvgIpc) is 3.16. The normalized spacial score (nSPS) is 16.0. The van der Waals surface area contributed by atoms with Gasteiger partial charge in [-0.15, -0.1) is 0 Å². The molecule has 104 valence electrons. The second kappa shape index (κ2) is 5.00. The lowest BCUT2D eigenvalue weighted by atomic mass is 10.1. The number of hydrogen-bond acceptors (Lipinski definition) is 2. The third-order valence-corrected chi connectivity index (χ3v) is 3.68. The van der Waals surface area contributed by atoms with Gasteiger partial charge < -0.3 is 15.4 Å². The molecule has 3 rings (SSSR count). The van der Waals surface area contributed by atoms with Gasteiger partial charge in [0.2, 0.25) is 0 Å². The summed E-state index contributed by atoms with van der Waals surface area (Å²) in [5.41, 5.74) is 1.38. The van der Waals surface area contributed by atoms with Crippen LogP contribution in [0.5, 0.6) is 0 Å². The van der Waals surface area contributed by atoms with Crippen molar-refractivity contribution in [3.63, 3.8) is 0 Å². The van der Waals surface area contributed by atoms with Crippen LogP contribution in [0.25, 0.3) is 10.9 Å². The summed E-state index contributed by atoms with van der Waals surface area (Å²) in [7, 11) is 0. The van der Waals surface area contributed by atoms with Gasteiger partial charge in [-0.1, -0.05) is 18.2 Å². The molecule has 1 atom stereocenters. The van der Waals surface area contributed by atoms with Crippen LogP contribution in [0.15, 0.2) is 30.3 Å². The predicted octanol–water partition coefficient (Wildman–Crippen LogP) is 2.15. The van der Waals surface area contributed by atoms with Gasteiger partial charge in [0.15, 0.2) is 0 Å². The fourth-order valence-corrected chi connectivity index (χ4v) is 2.46. The van der Waals surface area contributed by atoms with E-state index in [4.69, 9.17) is 5.11 Å². The van der Waals surface area contributed by atoms with Crippen LogP contribution in [0, 0.1) is 5.92 Å². The third-order valence-electron chi connectivity index (χ3n) is 3.68. The number of benzene rings is 1. The molecule has 3 N–H and O–H groups in total. The van der Waals surface area contributed by atoms with E-state index in [1.54, 1.807) is 6.07 Å². The molecule has 1 aromatic heterocycles. The van der Waals surface area contributed by atoms with E-state index < -0.39 is 5.97 Å². The topological polar surface area (TPSA) is 82.2 Å². The molecule has 1 aromatic carbocycles. The average molecular weight is 272 g/mol. The van der Waals surface area contributed by atoms with Gasteiger partial charge in [-0.05, 0) is 30.9 Å². The summed E-state index contributed by atoms with van der Waals surface area (Å²) in [6, 6.07) is 9.16. The minimum atomic E-state index is -0.876. The second-order valence-corrected chi connectivity index (χ2v) is 5.29. The van der Waals surface area contributed by atoms with Crippen molar-refractivity contribution in [2.75, 3.05) is 0 Å². The maximum Gasteiger partial charge on any atom is 0.305 e. The highest BCUT2D eigenvalue weighted by Crippen LogP contribution is 2.34. The molecule has 1 heterocycles. The molecule has 0 saturated heterocycles. The molecule has 0 bridgehead atoms. The lowest BCUT2D eigenvalue weighted by Crippen LogP contribution is -2.38. The van der Waals surface area contributed by atoms with Crippen LogP contribution in [0.1, 0.15) is 29.8 Å². The number of nitrogens with one attached hydrogen (secondary N) is 2. The number of aromatic amines is 1. The lowest BCUT2D eigenvalue weighted by Gasteiger charge is -2.15. The van der Waals surface area contributed by atoms with Crippen molar-refractivity contribution in [1.29, 1.82) is 0 Å². The molecule has 1 amide bonds. The van der Waals surface area contributed by atoms with Crippen molar-refractivity contribution in [2.45, 2.75) is 25.3 Å². The Morgan fingerprint density at radius 3 is 2.75 bits per heavy atom.